The predicted octanol–water partition coefficient (Wildman–Crippen LogP) is 3.49. The smallest absolute Gasteiger partial charge is 0.238 e. The number of amides is 1. The fourth-order valence-electron chi connectivity index (χ4n) is 3.30. The summed E-state index contributed by atoms with van der Waals surface area (Å²) in [6, 6.07) is 14.7. The zero-order chi connectivity index (χ0) is 22.6. The van der Waals surface area contributed by atoms with Crippen LogP contribution in [-0.2, 0) is 21.4 Å². The van der Waals surface area contributed by atoms with Gasteiger partial charge in [-0.1, -0.05) is 55.9 Å². The van der Waals surface area contributed by atoms with Gasteiger partial charge in [-0.15, -0.1) is 0 Å². The maximum absolute atomic E-state index is 12.7. The van der Waals surface area contributed by atoms with Crippen LogP contribution in [0.15, 0.2) is 58.6 Å². The highest BCUT2D eigenvalue weighted by Crippen LogP contribution is 2.29. The molecule has 31 heavy (non-hydrogen) atoms. The number of benzene rings is 2. The zero-order valence-corrected chi connectivity index (χ0v) is 19.5. The van der Waals surface area contributed by atoms with E-state index >= 15 is 0 Å². The summed E-state index contributed by atoms with van der Waals surface area (Å²) in [5, 5.41) is 8.60. The van der Waals surface area contributed by atoms with Crippen LogP contribution < -0.4 is 10.5 Å². The molecule has 9 heteroatoms. The van der Waals surface area contributed by atoms with Gasteiger partial charge in [0, 0.05) is 13.1 Å². The Bertz CT molecular complexity index is 1160. The fourth-order valence-corrected chi connectivity index (χ4v) is 4.81. The Morgan fingerprint density at radius 2 is 1.90 bits per heavy atom. The molecule has 3 rings (SSSR count). The van der Waals surface area contributed by atoms with Crippen LogP contribution in [0.5, 0.6) is 0 Å². The first-order chi connectivity index (χ1) is 14.7. The number of nitrogens with zero attached hydrogens (tertiary/aromatic N) is 2. The van der Waals surface area contributed by atoms with E-state index in [4.69, 9.17) is 5.14 Å². The Kier molecular flexibility index (Phi) is 7.40. The van der Waals surface area contributed by atoms with E-state index in [1.807, 2.05) is 29.7 Å². The topological polar surface area (TPSA) is 107 Å². The molecule has 1 amide bonds. The molecule has 2 aromatic carbocycles. The number of fused-ring (bicyclic) bond motifs is 1. The Morgan fingerprint density at radius 3 is 2.55 bits per heavy atom. The van der Waals surface area contributed by atoms with Crippen molar-refractivity contribution in [2.24, 2.45) is 5.14 Å². The van der Waals surface area contributed by atoms with Crippen molar-refractivity contribution in [3.63, 3.8) is 0 Å². The number of primary sulfonamides is 1. The SMILES string of the molecule is CCCn1c(SC(C)C(=O)NCC(C)c2ccccc2)nc2cc(S(N)(=O)=O)ccc21. The summed E-state index contributed by atoms with van der Waals surface area (Å²) in [5.74, 6) is 0.150. The van der Waals surface area contributed by atoms with Gasteiger partial charge in [0.1, 0.15) is 0 Å². The van der Waals surface area contributed by atoms with Gasteiger partial charge in [0.25, 0.3) is 0 Å². The average Bonchev–Trinajstić information content (AvgIpc) is 3.08. The molecule has 1 aromatic heterocycles. The molecule has 0 radical (unpaired) electrons. The van der Waals surface area contributed by atoms with E-state index in [0.717, 1.165) is 11.9 Å². The minimum Gasteiger partial charge on any atom is -0.355 e. The monoisotopic (exact) mass is 460 g/mol. The first-order valence-corrected chi connectivity index (χ1v) is 12.7. The third-order valence-electron chi connectivity index (χ3n) is 5.06. The van der Waals surface area contributed by atoms with Gasteiger partial charge in [0.2, 0.25) is 15.9 Å². The van der Waals surface area contributed by atoms with Crippen molar-refractivity contribution in [2.75, 3.05) is 6.54 Å². The third kappa shape index (κ3) is 5.66. The molecule has 1 heterocycles. The van der Waals surface area contributed by atoms with Crippen LogP contribution >= 0.6 is 11.8 Å². The average molecular weight is 461 g/mol. The van der Waals surface area contributed by atoms with Gasteiger partial charge in [0.15, 0.2) is 5.16 Å². The number of hydrogen-bond donors (Lipinski definition) is 2. The minimum absolute atomic E-state index is 0.0263. The van der Waals surface area contributed by atoms with Crippen LogP contribution in [0, 0.1) is 0 Å². The summed E-state index contributed by atoms with van der Waals surface area (Å²) in [5.41, 5.74) is 2.55. The molecule has 0 saturated heterocycles. The van der Waals surface area contributed by atoms with E-state index in [1.165, 1.54) is 29.5 Å². The first kappa shape index (κ1) is 23.3. The molecule has 0 spiro atoms. The molecule has 0 fully saturated rings. The predicted molar refractivity (Wildman–Crippen MR) is 125 cm³/mol. The van der Waals surface area contributed by atoms with Gasteiger partial charge >= 0.3 is 0 Å². The molecule has 0 aliphatic rings. The third-order valence-corrected chi connectivity index (χ3v) is 7.06. The van der Waals surface area contributed by atoms with Crippen LogP contribution in [0.1, 0.15) is 38.7 Å². The number of nitrogens with two attached hydrogens (primary N) is 1. The lowest BCUT2D eigenvalue weighted by atomic mass is 10.0. The Morgan fingerprint density at radius 1 is 1.19 bits per heavy atom. The van der Waals surface area contributed by atoms with Gasteiger partial charge in [-0.05, 0) is 43.0 Å². The van der Waals surface area contributed by atoms with Gasteiger partial charge in [-0.3, -0.25) is 4.79 Å². The Labute approximate surface area is 187 Å². The molecule has 3 N–H and O–H groups in total. The van der Waals surface area contributed by atoms with E-state index in [-0.39, 0.29) is 22.0 Å². The van der Waals surface area contributed by atoms with E-state index in [0.29, 0.717) is 23.8 Å². The lowest BCUT2D eigenvalue weighted by Gasteiger charge is -2.16. The molecule has 2 unspecified atom stereocenters. The summed E-state index contributed by atoms with van der Waals surface area (Å²) in [6.07, 6.45) is 0.880. The molecular formula is C22H28N4O3S2. The van der Waals surface area contributed by atoms with Crippen molar-refractivity contribution < 1.29 is 13.2 Å². The van der Waals surface area contributed by atoms with Crippen molar-refractivity contribution in [3.05, 3.63) is 54.1 Å². The summed E-state index contributed by atoms with van der Waals surface area (Å²) in [7, 11) is -3.81. The van der Waals surface area contributed by atoms with Crippen LogP contribution in [0.3, 0.4) is 0 Å². The molecule has 0 aliphatic heterocycles. The van der Waals surface area contributed by atoms with E-state index in [2.05, 4.69) is 36.3 Å². The Hall–Kier alpha value is -2.36. The number of aryl methyl sites for hydroxylation is 1. The molecule has 0 saturated carbocycles. The largest absolute Gasteiger partial charge is 0.355 e. The highest BCUT2D eigenvalue weighted by Gasteiger charge is 2.21. The number of carbonyl (C=O) groups excluding carboxylic acids is 1. The second kappa shape index (κ2) is 9.84. The fraction of sp³-hybridized carbons (Fsp3) is 0.364. The molecular weight excluding hydrogens is 432 g/mol. The number of carbonyl (C=O) groups is 1. The summed E-state index contributed by atoms with van der Waals surface area (Å²) >= 11 is 1.36. The zero-order valence-electron chi connectivity index (χ0n) is 17.9. The van der Waals surface area contributed by atoms with Crippen molar-refractivity contribution in [3.8, 4) is 0 Å². The molecule has 0 aliphatic carbocycles. The van der Waals surface area contributed by atoms with Crippen LogP contribution in [0.4, 0.5) is 0 Å². The van der Waals surface area contributed by atoms with Gasteiger partial charge < -0.3 is 9.88 Å². The number of rotatable bonds is 9. The van der Waals surface area contributed by atoms with Crippen molar-refractivity contribution in [2.45, 2.75) is 55.0 Å². The van der Waals surface area contributed by atoms with Crippen molar-refractivity contribution in [1.29, 1.82) is 0 Å². The summed E-state index contributed by atoms with van der Waals surface area (Å²) in [6.45, 7) is 7.25. The second-order valence-electron chi connectivity index (χ2n) is 7.56. The van der Waals surface area contributed by atoms with Crippen LogP contribution in [0.2, 0.25) is 0 Å². The number of imidazole rings is 1. The lowest BCUT2D eigenvalue weighted by molar-refractivity contribution is -0.120. The number of sulfonamides is 1. The first-order valence-electron chi connectivity index (χ1n) is 10.2. The van der Waals surface area contributed by atoms with E-state index < -0.39 is 10.0 Å². The molecule has 0 bridgehead atoms. The quantitative estimate of drug-likeness (QED) is 0.475. The van der Waals surface area contributed by atoms with Crippen molar-refractivity contribution >= 4 is 38.7 Å². The molecule has 3 aromatic rings. The van der Waals surface area contributed by atoms with Gasteiger partial charge in [-0.25, -0.2) is 18.5 Å². The highest BCUT2D eigenvalue weighted by atomic mass is 32.2. The van der Waals surface area contributed by atoms with Crippen LogP contribution in [-0.4, -0.2) is 35.7 Å². The van der Waals surface area contributed by atoms with Gasteiger partial charge in [0.05, 0.1) is 21.2 Å². The normalized spacial score (nSPS) is 13.8. The maximum atomic E-state index is 12.7. The summed E-state index contributed by atoms with van der Waals surface area (Å²) < 4.78 is 25.4. The number of aromatic nitrogens is 2. The molecule has 7 nitrogen and oxygen atoms in total. The van der Waals surface area contributed by atoms with Crippen LogP contribution in [0.25, 0.3) is 11.0 Å². The van der Waals surface area contributed by atoms with Crippen molar-refractivity contribution in [1.82, 2.24) is 14.9 Å². The van der Waals surface area contributed by atoms with E-state index in [1.54, 1.807) is 6.07 Å². The second-order valence-corrected chi connectivity index (χ2v) is 10.4. The standard InChI is InChI=1S/C22H28N4O3S2/c1-4-12-26-20-11-10-18(31(23,28)29)13-19(20)25-22(26)30-16(3)21(27)24-14-15(2)17-8-6-5-7-9-17/h5-11,13,15-16H,4,12,14H2,1-3H3,(H,24,27)(H2,23,28,29). The number of hydrogen-bond acceptors (Lipinski definition) is 5. The summed E-state index contributed by atoms with van der Waals surface area (Å²) in [4.78, 5) is 17.3. The minimum atomic E-state index is -3.81. The number of thioether (sulfide) groups is 1. The molecule has 2 atom stereocenters. The Balaban J connectivity index is 1.74. The highest BCUT2D eigenvalue weighted by molar-refractivity contribution is 8.00. The lowest BCUT2D eigenvalue weighted by Crippen LogP contribution is -2.33. The van der Waals surface area contributed by atoms with E-state index in [9.17, 15) is 13.2 Å². The molecule has 166 valence electrons. The number of nitrogens with one attached hydrogen (secondary N) is 1. The van der Waals surface area contributed by atoms with Gasteiger partial charge in [-0.2, -0.15) is 0 Å². The maximum Gasteiger partial charge on any atom is 0.238 e.